The molecule has 0 aliphatic rings. The number of anilines is 1. The number of thiazole rings is 1. The molecule has 2 aromatic carbocycles. The van der Waals surface area contributed by atoms with Crippen LogP contribution >= 0.6 is 11.3 Å². The quantitative estimate of drug-likeness (QED) is 0.772. The van der Waals surface area contributed by atoms with Gasteiger partial charge in [0.2, 0.25) is 0 Å². The van der Waals surface area contributed by atoms with Crippen molar-refractivity contribution in [3.63, 3.8) is 0 Å². The predicted octanol–water partition coefficient (Wildman–Crippen LogP) is 3.50. The molecule has 0 bridgehead atoms. The molecular weight excluding hydrogens is 344 g/mol. The van der Waals surface area contributed by atoms with Gasteiger partial charge in [0.1, 0.15) is 0 Å². The highest BCUT2D eigenvalue weighted by Gasteiger charge is 2.17. The number of fused-ring (bicyclic) bond motifs is 1. The Balaban J connectivity index is 2.01. The summed E-state index contributed by atoms with van der Waals surface area (Å²) in [4.78, 5) is 12.1. The van der Waals surface area contributed by atoms with E-state index in [1.54, 1.807) is 41.8 Å². The van der Waals surface area contributed by atoms with E-state index < -0.39 is 10.0 Å². The van der Waals surface area contributed by atoms with Gasteiger partial charge in [0.05, 0.1) is 20.8 Å². The fourth-order valence-electron chi connectivity index (χ4n) is 2.74. The van der Waals surface area contributed by atoms with Gasteiger partial charge in [0.15, 0.2) is 0 Å². The minimum Gasteiger partial charge on any atom is -0.299 e. The summed E-state index contributed by atoms with van der Waals surface area (Å²) < 4.78 is 30.3. The SMILES string of the molecule is CCn1c(=O)sc2cc(NS(=O)(=O)c3ccc(C)cc3C)ccc21. The lowest BCUT2D eigenvalue weighted by atomic mass is 10.2. The molecule has 0 atom stereocenters. The van der Waals surface area contributed by atoms with Crippen LogP contribution in [0.5, 0.6) is 0 Å². The molecule has 0 amide bonds. The van der Waals surface area contributed by atoms with E-state index in [9.17, 15) is 13.2 Å². The van der Waals surface area contributed by atoms with Crippen LogP contribution in [0.2, 0.25) is 0 Å². The summed E-state index contributed by atoms with van der Waals surface area (Å²) >= 11 is 1.12. The van der Waals surface area contributed by atoms with E-state index in [1.807, 2.05) is 19.9 Å². The third-order valence-electron chi connectivity index (χ3n) is 3.86. The first-order chi connectivity index (χ1) is 11.3. The minimum absolute atomic E-state index is 0.0399. The molecule has 1 aromatic heterocycles. The fourth-order valence-corrected chi connectivity index (χ4v) is 5.01. The second-order valence-corrected chi connectivity index (χ2v) is 8.31. The average Bonchev–Trinajstić information content (AvgIpc) is 2.80. The minimum atomic E-state index is -3.67. The van der Waals surface area contributed by atoms with Gasteiger partial charge in [-0.25, -0.2) is 8.42 Å². The summed E-state index contributed by atoms with van der Waals surface area (Å²) in [6, 6.07) is 10.4. The van der Waals surface area contributed by atoms with E-state index in [1.165, 1.54) is 0 Å². The topological polar surface area (TPSA) is 68.2 Å². The summed E-state index contributed by atoms with van der Waals surface area (Å²) in [5, 5.41) is 0. The van der Waals surface area contributed by atoms with Crippen molar-refractivity contribution in [3.05, 3.63) is 57.2 Å². The van der Waals surface area contributed by atoms with Gasteiger partial charge in [-0.1, -0.05) is 29.0 Å². The number of benzene rings is 2. The monoisotopic (exact) mass is 362 g/mol. The van der Waals surface area contributed by atoms with E-state index in [-0.39, 0.29) is 9.77 Å². The molecule has 0 saturated heterocycles. The highest BCUT2D eigenvalue weighted by Crippen LogP contribution is 2.25. The summed E-state index contributed by atoms with van der Waals surface area (Å²) in [5.74, 6) is 0. The van der Waals surface area contributed by atoms with Crippen molar-refractivity contribution in [1.29, 1.82) is 0 Å². The lowest BCUT2D eigenvalue weighted by molar-refractivity contribution is 0.600. The molecule has 0 radical (unpaired) electrons. The third-order valence-corrected chi connectivity index (χ3v) is 6.34. The third kappa shape index (κ3) is 2.97. The maximum absolute atomic E-state index is 12.6. The van der Waals surface area contributed by atoms with E-state index in [4.69, 9.17) is 0 Å². The van der Waals surface area contributed by atoms with Gasteiger partial charge in [0, 0.05) is 6.54 Å². The summed E-state index contributed by atoms with van der Waals surface area (Å²) in [7, 11) is -3.67. The number of hydrogen-bond donors (Lipinski definition) is 1. The van der Waals surface area contributed by atoms with Crippen molar-refractivity contribution in [2.75, 3.05) is 4.72 Å². The zero-order valence-electron chi connectivity index (χ0n) is 13.7. The largest absolute Gasteiger partial charge is 0.308 e. The van der Waals surface area contributed by atoms with Gasteiger partial charge in [0.25, 0.3) is 10.0 Å². The first kappa shape index (κ1) is 16.7. The second-order valence-electron chi connectivity index (χ2n) is 5.67. The second kappa shape index (κ2) is 6.07. The Labute approximate surface area is 144 Å². The summed E-state index contributed by atoms with van der Waals surface area (Å²) in [6.45, 7) is 6.19. The Hall–Kier alpha value is -2.12. The van der Waals surface area contributed by atoms with Crippen molar-refractivity contribution < 1.29 is 8.42 Å². The molecule has 5 nitrogen and oxygen atoms in total. The first-order valence-electron chi connectivity index (χ1n) is 7.55. The summed E-state index contributed by atoms with van der Waals surface area (Å²) in [5.41, 5.74) is 2.98. The summed E-state index contributed by atoms with van der Waals surface area (Å²) in [6.07, 6.45) is 0. The van der Waals surface area contributed by atoms with E-state index in [0.29, 0.717) is 17.8 Å². The first-order valence-corrected chi connectivity index (χ1v) is 9.85. The van der Waals surface area contributed by atoms with Crippen LogP contribution < -0.4 is 9.60 Å². The molecule has 126 valence electrons. The molecule has 3 rings (SSSR count). The van der Waals surface area contributed by atoms with Gasteiger partial charge in [-0.15, -0.1) is 0 Å². The van der Waals surface area contributed by atoms with Crippen LogP contribution in [0.4, 0.5) is 5.69 Å². The number of hydrogen-bond acceptors (Lipinski definition) is 4. The van der Waals surface area contributed by atoms with Gasteiger partial charge in [-0.05, 0) is 50.6 Å². The maximum atomic E-state index is 12.6. The van der Waals surface area contributed by atoms with Crippen LogP contribution in [0, 0.1) is 13.8 Å². The van der Waals surface area contributed by atoms with E-state index in [0.717, 1.165) is 27.1 Å². The van der Waals surface area contributed by atoms with Crippen LogP contribution in [0.25, 0.3) is 10.2 Å². The number of aryl methyl sites for hydroxylation is 3. The highest BCUT2D eigenvalue weighted by atomic mass is 32.2. The number of nitrogens with zero attached hydrogens (tertiary/aromatic N) is 1. The Morgan fingerprint density at radius 2 is 1.88 bits per heavy atom. The Morgan fingerprint density at radius 3 is 2.54 bits per heavy atom. The standard InChI is InChI=1S/C17H18N2O3S2/c1-4-19-14-7-6-13(10-15(14)23-17(19)20)18-24(21,22)16-8-5-11(2)9-12(16)3/h5-10,18H,4H2,1-3H3. The molecule has 24 heavy (non-hydrogen) atoms. The number of sulfonamides is 1. The molecule has 0 fully saturated rings. The van der Waals surface area contributed by atoms with Crippen molar-refractivity contribution in [3.8, 4) is 0 Å². The van der Waals surface area contributed by atoms with Gasteiger partial charge < -0.3 is 0 Å². The Kier molecular flexibility index (Phi) is 4.23. The van der Waals surface area contributed by atoms with Crippen LogP contribution in [0.3, 0.4) is 0 Å². The van der Waals surface area contributed by atoms with Crippen LogP contribution in [0.15, 0.2) is 46.1 Å². The molecule has 0 saturated carbocycles. The number of rotatable bonds is 4. The molecule has 7 heteroatoms. The zero-order valence-corrected chi connectivity index (χ0v) is 15.3. The Morgan fingerprint density at radius 1 is 1.12 bits per heavy atom. The van der Waals surface area contributed by atoms with Crippen LogP contribution in [-0.4, -0.2) is 13.0 Å². The maximum Gasteiger partial charge on any atom is 0.308 e. The normalized spacial score (nSPS) is 11.8. The predicted molar refractivity (Wildman–Crippen MR) is 98.5 cm³/mol. The molecular formula is C17H18N2O3S2. The molecule has 1 N–H and O–H groups in total. The van der Waals surface area contributed by atoms with Gasteiger partial charge >= 0.3 is 4.87 Å². The molecule has 0 aliphatic heterocycles. The van der Waals surface area contributed by atoms with Gasteiger partial charge in [-0.3, -0.25) is 14.1 Å². The van der Waals surface area contributed by atoms with E-state index >= 15 is 0 Å². The van der Waals surface area contributed by atoms with Crippen molar-refractivity contribution in [2.45, 2.75) is 32.2 Å². The molecule has 0 spiro atoms. The average molecular weight is 362 g/mol. The Bertz CT molecular complexity index is 1080. The van der Waals surface area contributed by atoms with Crippen molar-refractivity contribution in [1.82, 2.24) is 4.57 Å². The highest BCUT2D eigenvalue weighted by molar-refractivity contribution is 7.92. The van der Waals surface area contributed by atoms with Crippen LogP contribution in [-0.2, 0) is 16.6 Å². The molecule has 1 heterocycles. The lowest BCUT2D eigenvalue weighted by Crippen LogP contribution is -2.14. The molecule has 3 aromatic rings. The van der Waals surface area contributed by atoms with Crippen molar-refractivity contribution >= 4 is 37.3 Å². The molecule has 0 unspecified atom stereocenters. The van der Waals surface area contributed by atoms with Crippen molar-refractivity contribution in [2.24, 2.45) is 0 Å². The van der Waals surface area contributed by atoms with Crippen LogP contribution in [0.1, 0.15) is 18.1 Å². The zero-order chi connectivity index (χ0) is 17.5. The molecule has 0 aliphatic carbocycles. The van der Waals surface area contributed by atoms with Gasteiger partial charge in [-0.2, -0.15) is 0 Å². The number of aromatic nitrogens is 1. The lowest BCUT2D eigenvalue weighted by Gasteiger charge is -2.11. The smallest absolute Gasteiger partial charge is 0.299 e. The van der Waals surface area contributed by atoms with E-state index in [2.05, 4.69) is 4.72 Å². The number of nitrogens with one attached hydrogen (secondary N) is 1. The fraction of sp³-hybridized carbons (Fsp3) is 0.235.